The van der Waals surface area contributed by atoms with E-state index in [1.807, 2.05) is 0 Å². The van der Waals surface area contributed by atoms with Gasteiger partial charge in [-0.25, -0.2) is 0 Å². The molecule has 1 N–H and O–H groups in total. The number of hydrogen-bond acceptors (Lipinski definition) is 2. The van der Waals surface area contributed by atoms with Crippen molar-refractivity contribution in [3.63, 3.8) is 0 Å². The van der Waals surface area contributed by atoms with Crippen molar-refractivity contribution >= 4 is 0 Å². The highest BCUT2D eigenvalue weighted by molar-refractivity contribution is 4.94. The number of nitrogens with zero attached hydrogens (tertiary/aromatic N) is 1. The normalized spacial score (nSPS) is 28.7. The molecule has 112 valence electrons. The van der Waals surface area contributed by atoms with Gasteiger partial charge in [0.25, 0.3) is 0 Å². The molecule has 2 fully saturated rings. The zero-order valence-corrected chi connectivity index (χ0v) is 13.2. The first-order chi connectivity index (χ1) is 9.35. The first-order valence-electron chi connectivity index (χ1n) is 8.82. The van der Waals surface area contributed by atoms with E-state index in [0.29, 0.717) is 0 Å². The summed E-state index contributed by atoms with van der Waals surface area (Å²) in [5.41, 5.74) is 0. The number of piperazine rings is 1. The van der Waals surface area contributed by atoms with Gasteiger partial charge in [-0.1, -0.05) is 46.0 Å². The lowest BCUT2D eigenvalue weighted by molar-refractivity contribution is 0.117. The summed E-state index contributed by atoms with van der Waals surface area (Å²) in [7, 11) is 0. The smallest absolute Gasteiger partial charge is 0.0224 e. The molecule has 0 radical (unpaired) electrons. The minimum atomic E-state index is 0.797. The number of rotatable bonds is 9. The number of hydrogen-bond donors (Lipinski definition) is 1. The second-order valence-corrected chi connectivity index (χ2v) is 6.68. The first-order valence-corrected chi connectivity index (χ1v) is 8.82. The van der Waals surface area contributed by atoms with Crippen LogP contribution in [0.2, 0.25) is 0 Å². The number of nitrogens with one attached hydrogen (secondary N) is 1. The van der Waals surface area contributed by atoms with Gasteiger partial charge in [0.2, 0.25) is 0 Å². The van der Waals surface area contributed by atoms with Crippen molar-refractivity contribution < 1.29 is 0 Å². The summed E-state index contributed by atoms with van der Waals surface area (Å²) >= 11 is 0. The molecular formula is C17H34N2. The summed E-state index contributed by atoms with van der Waals surface area (Å²) in [6, 6.07) is 1.61. The summed E-state index contributed by atoms with van der Waals surface area (Å²) in [4.78, 5) is 2.79. The molecule has 1 saturated carbocycles. The van der Waals surface area contributed by atoms with Crippen molar-refractivity contribution in [2.24, 2.45) is 5.92 Å². The van der Waals surface area contributed by atoms with Crippen LogP contribution in [-0.2, 0) is 0 Å². The van der Waals surface area contributed by atoms with Crippen LogP contribution in [0.3, 0.4) is 0 Å². The van der Waals surface area contributed by atoms with Crippen molar-refractivity contribution in [1.82, 2.24) is 10.2 Å². The van der Waals surface area contributed by atoms with Crippen LogP contribution >= 0.6 is 0 Å². The van der Waals surface area contributed by atoms with Gasteiger partial charge in [-0.3, -0.25) is 4.90 Å². The largest absolute Gasteiger partial charge is 0.311 e. The summed E-state index contributed by atoms with van der Waals surface area (Å²) in [6.07, 6.45) is 12.8. The summed E-state index contributed by atoms with van der Waals surface area (Å²) in [5.74, 6) is 1.00. The van der Waals surface area contributed by atoms with Gasteiger partial charge in [0.05, 0.1) is 0 Å². The average Bonchev–Trinajstić information content (AvgIpc) is 3.27. The minimum absolute atomic E-state index is 0.797. The fourth-order valence-corrected chi connectivity index (χ4v) is 3.47. The summed E-state index contributed by atoms with van der Waals surface area (Å²) < 4.78 is 0. The molecule has 2 atom stereocenters. The molecule has 0 spiro atoms. The molecule has 2 aliphatic rings. The fourth-order valence-electron chi connectivity index (χ4n) is 3.47. The van der Waals surface area contributed by atoms with Gasteiger partial charge in [0.1, 0.15) is 0 Å². The maximum Gasteiger partial charge on any atom is 0.0224 e. The molecule has 0 aromatic heterocycles. The third kappa shape index (κ3) is 5.07. The molecule has 0 amide bonds. The lowest BCUT2D eigenvalue weighted by Gasteiger charge is -2.40. The van der Waals surface area contributed by atoms with Crippen LogP contribution in [0.1, 0.15) is 71.6 Å². The van der Waals surface area contributed by atoms with Gasteiger partial charge < -0.3 is 5.32 Å². The van der Waals surface area contributed by atoms with E-state index in [1.165, 1.54) is 77.4 Å². The van der Waals surface area contributed by atoms with E-state index in [0.717, 1.165) is 18.0 Å². The Balaban J connectivity index is 1.63. The van der Waals surface area contributed by atoms with Gasteiger partial charge in [-0.05, 0) is 38.1 Å². The molecule has 0 aromatic rings. The second-order valence-electron chi connectivity index (χ2n) is 6.68. The molecule has 0 bridgehead atoms. The maximum absolute atomic E-state index is 3.79. The van der Waals surface area contributed by atoms with Gasteiger partial charge in [-0.2, -0.15) is 0 Å². The van der Waals surface area contributed by atoms with Crippen molar-refractivity contribution in [2.75, 3.05) is 19.6 Å². The van der Waals surface area contributed by atoms with Crippen LogP contribution in [0.25, 0.3) is 0 Å². The van der Waals surface area contributed by atoms with E-state index < -0.39 is 0 Å². The van der Waals surface area contributed by atoms with E-state index >= 15 is 0 Å². The Kier molecular flexibility index (Phi) is 6.66. The highest BCUT2D eigenvalue weighted by Gasteiger charge is 2.36. The first kappa shape index (κ1) is 15.3. The third-order valence-electron chi connectivity index (χ3n) is 5.02. The number of unbranched alkanes of at least 4 members (excludes halogenated alkanes) is 5. The zero-order chi connectivity index (χ0) is 13.5. The van der Waals surface area contributed by atoms with Crippen molar-refractivity contribution in [1.29, 1.82) is 0 Å². The lowest BCUT2D eigenvalue weighted by Crippen LogP contribution is -2.57. The monoisotopic (exact) mass is 266 g/mol. The van der Waals surface area contributed by atoms with Crippen LogP contribution in [-0.4, -0.2) is 36.6 Å². The molecular weight excluding hydrogens is 232 g/mol. The summed E-state index contributed by atoms with van der Waals surface area (Å²) in [6.45, 7) is 8.53. The van der Waals surface area contributed by atoms with E-state index in [4.69, 9.17) is 0 Å². The molecule has 2 nitrogen and oxygen atoms in total. The van der Waals surface area contributed by atoms with Crippen molar-refractivity contribution in [3.05, 3.63) is 0 Å². The van der Waals surface area contributed by atoms with Crippen molar-refractivity contribution in [3.8, 4) is 0 Å². The summed E-state index contributed by atoms with van der Waals surface area (Å²) in [5, 5.41) is 3.79. The van der Waals surface area contributed by atoms with Crippen LogP contribution < -0.4 is 5.32 Å². The highest BCUT2D eigenvalue weighted by atomic mass is 15.2. The zero-order valence-electron chi connectivity index (χ0n) is 13.2. The highest BCUT2D eigenvalue weighted by Crippen LogP contribution is 2.34. The lowest BCUT2D eigenvalue weighted by atomic mass is 10.0. The quantitative estimate of drug-likeness (QED) is 0.638. The minimum Gasteiger partial charge on any atom is -0.311 e. The van der Waals surface area contributed by atoms with Gasteiger partial charge in [-0.15, -0.1) is 0 Å². The van der Waals surface area contributed by atoms with E-state index in [-0.39, 0.29) is 0 Å². The van der Waals surface area contributed by atoms with Crippen LogP contribution in [0.15, 0.2) is 0 Å². The predicted molar refractivity (Wildman–Crippen MR) is 83.5 cm³/mol. The molecule has 2 heteroatoms. The van der Waals surface area contributed by atoms with Crippen LogP contribution in [0, 0.1) is 5.92 Å². The van der Waals surface area contributed by atoms with E-state index in [9.17, 15) is 0 Å². The fraction of sp³-hybridized carbons (Fsp3) is 1.00. The van der Waals surface area contributed by atoms with Crippen molar-refractivity contribution in [2.45, 2.75) is 83.7 Å². The third-order valence-corrected chi connectivity index (χ3v) is 5.02. The Morgan fingerprint density at radius 1 is 1.00 bits per heavy atom. The van der Waals surface area contributed by atoms with Gasteiger partial charge in [0, 0.05) is 25.2 Å². The Morgan fingerprint density at radius 3 is 2.42 bits per heavy atom. The van der Waals surface area contributed by atoms with E-state index in [2.05, 4.69) is 24.1 Å². The van der Waals surface area contributed by atoms with Gasteiger partial charge >= 0.3 is 0 Å². The maximum atomic E-state index is 3.79. The predicted octanol–water partition coefficient (Wildman–Crippen LogP) is 3.81. The molecule has 0 aromatic carbocycles. The Hall–Kier alpha value is -0.0800. The molecule has 19 heavy (non-hydrogen) atoms. The van der Waals surface area contributed by atoms with Crippen LogP contribution in [0.4, 0.5) is 0 Å². The molecule has 2 unspecified atom stereocenters. The topological polar surface area (TPSA) is 15.3 Å². The Bertz CT molecular complexity index is 237. The van der Waals surface area contributed by atoms with E-state index in [1.54, 1.807) is 0 Å². The average molecular weight is 266 g/mol. The molecule has 1 saturated heterocycles. The SMILES string of the molecule is CCCCCCCCN1CC(C2CC2)NCC1CC. The second kappa shape index (κ2) is 8.26. The Morgan fingerprint density at radius 2 is 1.74 bits per heavy atom. The molecule has 1 heterocycles. The Labute approximate surface area is 120 Å². The standard InChI is InChI=1S/C17H34N2/c1-3-5-6-7-8-9-12-19-14-17(15-10-11-15)18-13-16(19)4-2/h15-18H,3-14H2,1-2H3. The van der Waals surface area contributed by atoms with Gasteiger partial charge in [0.15, 0.2) is 0 Å². The molecule has 2 rings (SSSR count). The molecule has 1 aliphatic carbocycles. The van der Waals surface area contributed by atoms with Crippen LogP contribution in [0.5, 0.6) is 0 Å². The molecule has 1 aliphatic heterocycles.